The average molecular weight is 412 g/mol. The normalized spacial score (nSPS) is 19.5. The molecule has 0 spiro atoms. The highest BCUT2D eigenvalue weighted by molar-refractivity contribution is 9.10. The molecule has 3 rings (SSSR count). The van der Waals surface area contributed by atoms with E-state index in [4.69, 9.17) is 11.6 Å². The summed E-state index contributed by atoms with van der Waals surface area (Å²) in [6.45, 7) is -0.776. The van der Waals surface area contributed by atoms with E-state index >= 15 is 0 Å². The van der Waals surface area contributed by atoms with Crippen LogP contribution in [0.3, 0.4) is 0 Å². The molecule has 1 amide bonds. The quantitative estimate of drug-likeness (QED) is 0.619. The lowest BCUT2D eigenvalue weighted by Crippen LogP contribution is -2.44. The molecule has 0 radical (unpaired) electrons. The molecule has 8 heteroatoms. The number of amides is 1. The third kappa shape index (κ3) is 2.79. The Morgan fingerprint density at radius 2 is 2.00 bits per heavy atom. The van der Waals surface area contributed by atoms with Crippen LogP contribution >= 0.6 is 27.5 Å². The van der Waals surface area contributed by atoms with Crippen LogP contribution in [0.5, 0.6) is 0 Å². The molecule has 1 atom stereocenters. The molecule has 0 fully saturated rings. The van der Waals surface area contributed by atoms with Gasteiger partial charge in [-0.2, -0.15) is 0 Å². The summed E-state index contributed by atoms with van der Waals surface area (Å²) < 4.78 is 0.621. The van der Waals surface area contributed by atoms with Crippen molar-refractivity contribution >= 4 is 39.1 Å². The van der Waals surface area contributed by atoms with E-state index in [1.54, 1.807) is 36.4 Å². The number of carbonyl (C=O) groups is 1. The van der Waals surface area contributed by atoms with E-state index in [1.807, 2.05) is 0 Å². The van der Waals surface area contributed by atoms with Gasteiger partial charge in [0.1, 0.15) is 0 Å². The van der Waals surface area contributed by atoms with Crippen molar-refractivity contribution in [3.05, 3.63) is 73.2 Å². The molecule has 1 heterocycles. The average Bonchev–Trinajstić information content (AvgIpc) is 2.71. The Labute approximate surface area is 150 Å². The zero-order valence-electron chi connectivity index (χ0n) is 12.3. The van der Waals surface area contributed by atoms with Crippen molar-refractivity contribution in [2.75, 3.05) is 11.4 Å². The van der Waals surface area contributed by atoms with Crippen LogP contribution in [0.2, 0.25) is 5.02 Å². The van der Waals surface area contributed by atoms with Crippen LogP contribution in [0, 0.1) is 10.1 Å². The van der Waals surface area contributed by atoms with Gasteiger partial charge in [0.05, 0.1) is 12.2 Å². The smallest absolute Gasteiger partial charge is 0.271 e. The fraction of sp³-hybridized carbons (Fsp3) is 0.188. The Kier molecular flexibility index (Phi) is 4.33. The maximum atomic E-state index is 12.8. The lowest BCUT2D eigenvalue weighted by Gasteiger charge is -2.20. The van der Waals surface area contributed by atoms with E-state index in [0.29, 0.717) is 20.7 Å². The molecule has 1 N–H and O–H groups in total. The summed E-state index contributed by atoms with van der Waals surface area (Å²) in [5, 5.41) is 22.2. The number of benzene rings is 2. The van der Waals surface area contributed by atoms with Crippen LogP contribution in [-0.4, -0.2) is 22.5 Å². The van der Waals surface area contributed by atoms with Gasteiger partial charge < -0.3 is 10.0 Å². The minimum absolute atomic E-state index is 0.118. The minimum atomic E-state index is -2.19. The van der Waals surface area contributed by atoms with Crippen molar-refractivity contribution in [2.45, 2.75) is 12.1 Å². The zero-order valence-corrected chi connectivity index (χ0v) is 14.6. The fourth-order valence-corrected chi connectivity index (χ4v) is 3.37. The SMILES string of the molecule is O=C1N(Cc2ccccc2Cl)c2ccc(Br)cc2C1(O)C[N+](=O)[O-]. The molecule has 6 nitrogen and oxygen atoms in total. The molecule has 0 saturated carbocycles. The number of hydrogen-bond donors (Lipinski definition) is 1. The van der Waals surface area contributed by atoms with Crippen LogP contribution < -0.4 is 4.90 Å². The summed E-state index contributed by atoms with van der Waals surface area (Å²) in [6.07, 6.45) is 0. The predicted octanol–water partition coefficient (Wildman–Crippen LogP) is 3.11. The van der Waals surface area contributed by atoms with E-state index in [1.165, 1.54) is 11.0 Å². The number of carbonyl (C=O) groups excluding carboxylic acids is 1. The van der Waals surface area contributed by atoms with Crippen LogP contribution in [0.15, 0.2) is 46.9 Å². The first-order valence-corrected chi connectivity index (χ1v) is 8.19. The first-order chi connectivity index (χ1) is 11.3. The Morgan fingerprint density at radius 1 is 1.29 bits per heavy atom. The van der Waals surface area contributed by atoms with Gasteiger partial charge in [0.15, 0.2) is 0 Å². The predicted molar refractivity (Wildman–Crippen MR) is 92.5 cm³/mol. The molecule has 0 bridgehead atoms. The second-order valence-corrected chi connectivity index (χ2v) is 6.82. The maximum absolute atomic E-state index is 12.8. The molecule has 2 aromatic rings. The largest absolute Gasteiger partial charge is 0.370 e. The number of nitro groups is 1. The number of fused-ring (bicyclic) bond motifs is 1. The molecule has 1 aliphatic heterocycles. The summed E-state index contributed by atoms with van der Waals surface area (Å²) >= 11 is 9.41. The van der Waals surface area contributed by atoms with Crippen molar-refractivity contribution in [1.29, 1.82) is 0 Å². The molecule has 0 saturated heterocycles. The highest BCUT2D eigenvalue weighted by Crippen LogP contribution is 2.42. The van der Waals surface area contributed by atoms with Gasteiger partial charge in [-0.25, -0.2) is 0 Å². The summed E-state index contributed by atoms with van der Waals surface area (Å²) in [5.74, 6) is -0.729. The zero-order chi connectivity index (χ0) is 17.5. The van der Waals surface area contributed by atoms with Crippen molar-refractivity contribution in [3.8, 4) is 0 Å². The van der Waals surface area contributed by atoms with Crippen molar-refractivity contribution in [3.63, 3.8) is 0 Å². The van der Waals surface area contributed by atoms with Gasteiger partial charge in [-0.15, -0.1) is 0 Å². The summed E-state index contributed by atoms with van der Waals surface area (Å²) in [7, 11) is 0. The van der Waals surface area contributed by atoms with Crippen LogP contribution in [0.1, 0.15) is 11.1 Å². The third-order valence-electron chi connectivity index (χ3n) is 3.94. The molecule has 1 unspecified atom stereocenters. The van der Waals surface area contributed by atoms with Gasteiger partial charge in [-0.05, 0) is 29.8 Å². The Bertz CT molecular complexity index is 845. The van der Waals surface area contributed by atoms with Crippen molar-refractivity contribution in [2.24, 2.45) is 0 Å². The first-order valence-electron chi connectivity index (χ1n) is 7.02. The highest BCUT2D eigenvalue weighted by atomic mass is 79.9. The Morgan fingerprint density at radius 3 is 2.67 bits per heavy atom. The summed E-state index contributed by atoms with van der Waals surface area (Å²) in [5.41, 5.74) is -0.853. The molecular formula is C16H12BrClN2O4. The molecule has 124 valence electrons. The number of hydrogen-bond acceptors (Lipinski definition) is 4. The Balaban J connectivity index is 2.08. The second kappa shape index (κ2) is 6.16. The fourth-order valence-electron chi connectivity index (χ4n) is 2.82. The van der Waals surface area contributed by atoms with Gasteiger partial charge in [0, 0.05) is 20.0 Å². The van der Waals surface area contributed by atoms with E-state index in [-0.39, 0.29) is 12.1 Å². The molecule has 2 aromatic carbocycles. The van der Waals surface area contributed by atoms with Crippen molar-refractivity contribution in [1.82, 2.24) is 0 Å². The van der Waals surface area contributed by atoms with Crippen molar-refractivity contribution < 1.29 is 14.8 Å². The van der Waals surface area contributed by atoms with E-state index < -0.39 is 23.0 Å². The molecular weight excluding hydrogens is 400 g/mol. The lowest BCUT2D eigenvalue weighted by molar-refractivity contribution is -0.498. The van der Waals surface area contributed by atoms with E-state index in [0.717, 1.165) is 0 Å². The summed E-state index contributed by atoms with van der Waals surface area (Å²) in [6, 6.07) is 11.9. The van der Waals surface area contributed by atoms with Gasteiger partial charge >= 0.3 is 0 Å². The number of anilines is 1. The second-order valence-electron chi connectivity index (χ2n) is 5.50. The third-order valence-corrected chi connectivity index (χ3v) is 4.80. The molecule has 1 aliphatic rings. The van der Waals surface area contributed by atoms with Gasteiger partial charge in [-0.3, -0.25) is 14.9 Å². The number of rotatable bonds is 4. The Hall–Kier alpha value is -1.96. The van der Waals surface area contributed by atoms with Gasteiger partial charge in [0.2, 0.25) is 12.1 Å². The van der Waals surface area contributed by atoms with Crippen LogP contribution in [0.25, 0.3) is 0 Å². The van der Waals surface area contributed by atoms with Gasteiger partial charge in [0.25, 0.3) is 5.91 Å². The highest BCUT2D eigenvalue weighted by Gasteiger charge is 2.53. The van der Waals surface area contributed by atoms with E-state index in [2.05, 4.69) is 15.9 Å². The lowest BCUT2D eigenvalue weighted by atomic mass is 9.96. The number of halogens is 2. The monoisotopic (exact) mass is 410 g/mol. The number of aliphatic hydroxyl groups is 1. The number of nitrogens with zero attached hydrogens (tertiary/aromatic N) is 2. The standard InChI is InChI=1S/C16H12BrClN2O4/c17-11-5-6-14-12(7-11)16(22,9-20(23)24)15(21)19(14)8-10-3-1-2-4-13(10)18/h1-7,22H,8-9H2. The molecule has 0 aliphatic carbocycles. The molecule has 0 aromatic heterocycles. The van der Waals surface area contributed by atoms with E-state index in [9.17, 15) is 20.0 Å². The minimum Gasteiger partial charge on any atom is -0.370 e. The maximum Gasteiger partial charge on any atom is 0.271 e. The van der Waals surface area contributed by atoms with Crippen LogP contribution in [0.4, 0.5) is 5.69 Å². The molecule has 24 heavy (non-hydrogen) atoms. The van der Waals surface area contributed by atoms with Crippen LogP contribution in [-0.2, 0) is 16.9 Å². The first kappa shape index (κ1) is 16.9. The summed E-state index contributed by atoms with van der Waals surface area (Å²) in [4.78, 5) is 24.4. The topological polar surface area (TPSA) is 83.7 Å². The van der Waals surface area contributed by atoms with Gasteiger partial charge in [-0.1, -0.05) is 45.7 Å².